The second-order valence-electron chi connectivity index (χ2n) is 8.50. The van der Waals surface area contributed by atoms with E-state index in [2.05, 4.69) is 22.4 Å². The summed E-state index contributed by atoms with van der Waals surface area (Å²) in [5.74, 6) is 0.911. The highest BCUT2D eigenvalue weighted by Crippen LogP contribution is 2.37. The molecule has 1 aromatic carbocycles. The lowest BCUT2D eigenvalue weighted by Crippen LogP contribution is -2.13. The van der Waals surface area contributed by atoms with Crippen LogP contribution >= 0.6 is 11.3 Å². The quantitative estimate of drug-likeness (QED) is 0.268. The summed E-state index contributed by atoms with van der Waals surface area (Å²) < 4.78 is 2.06. The van der Waals surface area contributed by atoms with Gasteiger partial charge in [0.2, 0.25) is 0 Å². The molecule has 0 saturated carbocycles. The molecule has 178 valence electrons. The number of aryl methyl sites for hydroxylation is 2. The van der Waals surface area contributed by atoms with Crippen molar-refractivity contribution in [1.29, 1.82) is 5.26 Å². The number of hydrogen-bond donors (Lipinski definition) is 0. The van der Waals surface area contributed by atoms with Gasteiger partial charge in [0, 0.05) is 48.2 Å². The zero-order valence-corrected chi connectivity index (χ0v) is 21.1. The standard InChI is InChI=1S/C28H24N6OS/c1-4-23-27(33(3)28-32-26(24(15-29)36-28)19-7-5-18(2)6-8-19)34-17-21(10-12-25(34)31-23)20-9-11-22(13-14-35)30-16-20/h5-12,14,16-17H,4,13H2,1-3H3. The predicted molar refractivity (Wildman–Crippen MR) is 143 cm³/mol. The minimum atomic E-state index is 0.304. The first-order chi connectivity index (χ1) is 17.5. The molecule has 0 amide bonds. The summed E-state index contributed by atoms with van der Waals surface area (Å²) in [5, 5.41) is 10.5. The Morgan fingerprint density at radius 1 is 1.06 bits per heavy atom. The molecular formula is C28H24N6OS. The average Bonchev–Trinajstić information content (AvgIpc) is 3.50. The summed E-state index contributed by atoms with van der Waals surface area (Å²) in [6.45, 7) is 4.12. The smallest absolute Gasteiger partial charge is 0.192 e. The Hall–Kier alpha value is -4.35. The number of fused-ring (bicyclic) bond motifs is 1. The van der Waals surface area contributed by atoms with Crippen LogP contribution in [0.4, 0.5) is 10.9 Å². The Morgan fingerprint density at radius 2 is 1.81 bits per heavy atom. The first-order valence-electron chi connectivity index (χ1n) is 11.6. The van der Waals surface area contributed by atoms with Crippen LogP contribution in [0.15, 0.2) is 60.9 Å². The van der Waals surface area contributed by atoms with Gasteiger partial charge < -0.3 is 9.69 Å². The first kappa shape index (κ1) is 23.4. The van der Waals surface area contributed by atoms with Crippen LogP contribution in [0.5, 0.6) is 0 Å². The number of hydrogen-bond acceptors (Lipinski definition) is 7. The van der Waals surface area contributed by atoms with Crippen molar-refractivity contribution >= 4 is 34.2 Å². The van der Waals surface area contributed by atoms with Gasteiger partial charge in [-0.2, -0.15) is 5.26 Å². The molecule has 4 aromatic heterocycles. The number of anilines is 2. The van der Waals surface area contributed by atoms with Crippen LogP contribution in [-0.2, 0) is 17.6 Å². The third kappa shape index (κ3) is 4.25. The largest absolute Gasteiger partial charge is 0.305 e. The molecule has 0 spiro atoms. The SMILES string of the molecule is CCc1nc2ccc(-c3ccc(CC=O)nc3)cn2c1N(C)c1nc(-c2ccc(C)cc2)c(C#N)s1. The van der Waals surface area contributed by atoms with E-state index >= 15 is 0 Å². The maximum Gasteiger partial charge on any atom is 0.192 e. The van der Waals surface area contributed by atoms with Gasteiger partial charge in [0.15, 0.2) is 5.13 Å². The lowest BCUT2D eigenvalue weighted by molar-refractivity contribution is -0.107. The van der Waals surface area contributed by atoms with E-state index in [1.165, 1.54) is 11.3 Å². The maximum atomic E-state index is 10.8. The summed E-state index contributed by atoms with van der Waals surface area (Å²) in [6.07, 6.45) is 5.74. The number of thiazole rings is 1. The first-order valence-corrected chi connectivity index (χ1v) is 12.5. The van der Waals surface area contributed by atoms with E-state index in [9.17, 15) is 10.1 Å². The van der Waals surface area contributed by atoms with Crippen molar-refractivity contribution in [3.63, 3.8) is 0 Å². The van der Waals surface area contributed by atoms with Crippen LogP contribution in [0, 0.1) is 18.3 Å². The molecule has 0 radical (unpaired) electrons. The number of benzene rings is 1. The number of nitrogens with zero attached hydrogens (tertiary/aromatic N) is 6. The van der Waals surface area contributed by atoms with Crippen molar-refractivity contribution in [2.75, 3.05) is 11.9 Å². The van der Waals surface area contributed by atoms with Gasteiger partial charge in [0.25, 0.3) is 0 Å². The van der Waals surface area contributed by atoms with Crippen molar-refractivity contribution < 1.29 is 4.79 Å². The molecule has 0 saturated heterocycles. The Labute approximate surface area is 213 Å². The molecule has 5 rings (SSSR count). The summed E-state index contributed by atoms with van der Waals surface area (Å²) in [7, 11) is 1.96. The average molecular weight is 493 g/mol. The van der Waals surface area contributed by atoms with Crippen molar-refractivity contribution in [1.82, 2.24) is 19.4 Å². The number of aromatic nitrogens is 4. The molecule has 8 heteroatoms. The van der Waals surface area contributed by atoms with Crippen LogP contribution in [0.1, 0.15) is 28.8 Å². The van der Waals surface area contributed by atoms with Crippen molar-refractivity contribution in [2.45, 2.75) is 26.7 Å². The molecule has 36 heavy (non-hydrogen) atoms. The van der Waals surface area contributed by atoms with E-state index in [4.69, 9.17) is 9.97 Å². The van der Waals surface area contributed by atoms with E-state index in [-0.39, 0.29) is 0 Å². The molecule has 0 bridgehead atoms. The fourth-order valence-electron chi connectivity index (χ4n) is 4.17. The van der Waals surface area contributed by atoms with Gasteiger partial charge in [-0.1, -0.05) is 54.2 Å². The Balaban J connectivity index is 1.58. The van der Waals surface area contributed by atoms with Crippen LogP contribution < -0.4 is 4.90 Å². The second-order valence-corrected chi connectivity index (χ2v) is 9.48. The van der Waals surface area contributed by atoms with E-state index < -0.39 is 0 Å². The molecule has 0 N–H and O–H groups in total. The molecule has 0 unspecified atom stereocenters. The van der Waals surface area contributed by atoms with Gasteiger partial charge in [-0.25, -0.2) is 9.97 Å². The second kappa shape index (κ2) is 9.72. The van der Waals surface area contributed by atoms with E-state index in [0.717, 1.165) is 62.9 Å². The minimum Gasteiger partial charge on any atom is -0.305 e. The molecule has 0 aliphatic heterocycles. The Bertz CT molecular complexity index is 1590. The zero-order valence-electron chi connectivity index (χ0n) is 20.3. The third-order valence-corrected chi connectivity index (χ3v) is 7.13. The molecule has 0 aliphatic carbocycles. The summed E-state index contributed by atoms with van der Waals surface area (Å²) in [6, 6.07) is 18.2. The van der Waals surface area contributed by atoms with E-state index in [0.29, 0.717) is 17.0 Å². The van der Waals surface area contributed by atoms with Crippen molar-refractivity contribution in [3.8, 4) is 28.5 Å². The number of imidazole rings is 1. The number of carbonyl (C=O) groups excluding carboxylic acids is 1. The lowest BCUT2D eigenvalue weighted by atomic mass is 10.1. The molecule has 0 atom stereocenters. The van der Waals surface area contributed by atoms with Gasteiger partial charge in [-0.3, -0.25) is 9.38 Å². The number of rotatable bonds is 7. The number of pyridine rings is 2. The minimum absolute atomic E-state index is 0.304. The van der Waals surface area contributed by atoms with Gasteiger partial charge in [0.05, 0.1) is 5.69 Å². The highest BCUT2D eigenvalue weighted by molar-refractivity contribution is 7.16. The lowest BCUT2D eigenvalue weighted by Gasteiger charge is -2.17. The predicted octanol–water partition coefficient (Wildman–Crippen LogP) is 5.77. The van der Waals surface area contributed by atoms with Gasteiger partial charge in [0.1, 0.15) is 34.4 Å². The normalized spacial score (nSPS) is 10.9. The van der Waals surface area contributed by atoms with Crippen LogP contribution in [0.3, 0.4) is 0 Å². The van der Waals surface area contributed by atoms with Crippen LogP contribution in [0.25, 0.3) is 28.0 Å². The highest BCUT2D eigenvalue weighted by Gasteiger charge is 2.22. The Morgan fingerprint density at radius 3 is 2.47 bits per heavy atom. The molecule has 0 aliphatic rings. The van der Waals surface area contributed by atoms with Gasteiger partial charge in [-0.15, -0.1) is 0 Å². The zero-order chi connectivity index (χ0) is 25.2. The van der Waals surface area contributed by atoms with Crippen LogP contribution in [-0.4, -0.2) is 32.7 Å². The summed E-state index contributed by atoms with van der Waals surface area (Å²) in [5.41, 5.74) is 7.24. The van der Waals surface area contributed by atoms with Gasteiger partial charge >= 0.3 is 0 Å². The molecule has 4 heterocycles. The number of aldehydes is 1. The third-order valence-electron chi connectivity index (χ3n) is 6.10. The van der Waals surface area contributed by atoms with Crippen molar-refractivity contribution in [2.24, 2.45) is 0 Å². The fourth-order valence-corrected chi connectivity index (χ4v) is 5.02. The van der Waals surface area contributed by atoms with Gasteiger partial charge in [-0.05, 0) is 31.5 Å². The summed E-state index contributed by atoms with van der Waals surface area (Å²) in [4.78, 5) is 27.5. The highest BCUT2D eigenvalue weighted by atomic mass is 32.1. The fraction of sp³-hybridized carbons (Fsp3) is 0.179. The Kier molecular flexibility index (Phi) is 6.32. The van der Waals surface area contributed by atoms with Crippen molar-refractivity contribution in [3.05, 3.63) is 82.8 Å². The molecular weight excluding hydrogens is 468 g/mol. The topological polar surface area (TPSA) is 87.2 Å². The van der Waals surface area contributed by atoms with Crippen LogP contribution in [0.2, 0.25) is 0 Å². The maximum absolute atomic E-state index is 10.8. The number of carbonyl (C=O) groups is 1. The molecule has 7 nitrogen and oxygen atoms in total. The number of nitriles is 1. The summed E-state index contributed by atoms with van der Waals surface area (Å²) >= 11 is 1.37. The molecule has 5 aromatic rings. The monoisotopic (exact) mass is 492 g/mol. The van der Waals surface area contributed by atoms with E-state index in [1.54, 1.807) is 6.20 Å². The molecule has 0 fully saturated rings. The van der Waals surface area contributed by atoms with E-state index in [1.807, 2.05) is 73.6 Å².